The van der Waals surface area contributed by atoms with Crippen LogP contribution in [0, 0.1) is 0 Å². The fourth-order valence-electron chi connectivity index (χ4n) is 2.23. The smallest absolute Gasteiger partial charge is 0.382 e. The van der Waals surface area contributed by atoms with Crippen LogP contribution in [0.4, 0.5) is 13.2 Å². The van der Waals surface area contributed by atoms with Crippen molar-refractivity contribution in [3.63, 3.8) is 0 Å². The first-order valence-corrected chi connectivity index (χ1v) is 6.82. The second-order valence-corrected chi connectivity index (χ2v) is 5.64. The number of aliphatic hydroxyl groups is 1. The minimum atomic E-state index is -4.54. The molecule has 1 aliphatic rings. The zero-order valence-corrected chi connectivity index (χ0v) is 11.7. The van der Waals surface area contributed by atoms with Crippen molar-refractivity contribution in [2.24, 2.45) is 0 Å². The van der Waals surface area contributed by atoms with E-state index >= 15 is 0 Å². The molecule has 4 nitrogen and oxygen atoms in total. The quantitative estimate of drug-likeness (QED) is 0.916. The summed E-state index contributed by atoms with van der Waals surface area (Å²) in [6.07, 6.45) is -1.77. The Kier molecular flexibility index (Phi) is 4.52. The summed E-state index contributed by atoms with van der Waals surface area (Å²) < 4.78 is 39.5. The van der Waals surface area contributed by atoms with Gasteiger partial charge in [0.05, 0.1) is 16.7 Å². The Morgan fingerprint density at radius 1 is 1.42 bits per heavy atom. The van der Waals surface area contributed by atoms with Crippen LogP contribution in [0.25, 0.3) is 0 Å². The van der Waals surface area contributed by atoms with E-state index in [1.807, 2.05) is 10.9 Å². The molecule has 2 rings (SSSR count). The zero-order valence-electron chi connectivity index (χ0n) is 10.1. The van der Waals surface area contributed by atoms with Crippen molar-refractivity contribution in [3.8, 4) is 0 Å². The van der Waals surface area contributed by atoms with Crippen LogP contribution in [0.3, 0.4) is 0 Å². The van der Waals surface area contributed by atoms with Gasteiger partial charge < -0.3 is 10.0 Å². The largest absolute Gasteiger partial charge is 0.415 e. The van der Waals surface area contributed by atoms with Gasteiger partial charge in [0.2, 0.25) is 0 Å². The summed E-state index contributed by atoms with van der Waals surface area (Å²) in [4.78, 5) is 1.65. The van der Waals surface area contributed by atoms with Gasteiger partial charge in [-0.1, -0.05) is 0 Å². The molecule has 0 spiro atoms. The number of aromatic nitrogens is 2. The van der Waals surface area contributed by atoms with Gasteiger partial charge in [-0.25, -0.2) is 0 Å². The average molecular weight is 342 g/mol. The van der Waals surface area contributed by atoms with Gasteiger partial charge in [0.25, 0.3) is 0 Å². The van der Waals surface area contributed by atoms with Gasteiger partial charge in [0.1, 0.15) is 0 Å². The van der Waals surface area contributed by atoms with E-state index < -0.39 is 12.3 Å². The monoisotopic (exact) mass is 341 g/mol. The lowest BCUT2D eigenvalue weighted by Crippen LogP contribution is -2.44. The predicted molar refractivity (Wildman–Crippen MR) is 66.7 cm³/mol. The molecule has 0 aliphatic carbocycles. The minimum absolute atomic E-state index is 0.213. The van der Waals surface area contributed by atoms with Crippen LogP contribution in [0.5, 0.6) is 0 Å². The van der Waals surface area contributed by atoms with Crippen LogP contribution < -0.4 is 0 Å². The van der Waals surface area contributed by atoms with E-state index in [1.165, 1.54) is 0 Å². The van der Waals surface area contributed by atoms with Crippen molar-refractivity contribution in [3.05, 3.63) is 16.9 Å². The maximum absolute atomic E-state index is 12.3. The summed E-state index contributed by atoms with van der Waals surface area (Å²) in [5, 5.41) is 13.2. The molecule has 1 aromatic rings. The van der Waals surface area contributed by atoms with E-state index in [1.54, 1.807) is 11.1 Å². The van der Waals surface area contributed by atoms with Gasteiger partial charge in [-0.15, -0.1) is 0 Å². The summed E-state index contributed by atoms with van der Waals surface area (Å²) in [5.41, 5.74) is 0. The molecule has 8 heteroatoms. The number of alkyl halides is 3. The maximum atomic E-state index is 12.3. The number of hydrogen-bond donors (Lipinski definition) is 1. The highest BCUT2D eigenvalue weighted by Crippen LogP contribution is 2.25. The lowest BCUT2D eigenvalue weighted by Gasteiger charge is -2.33. The van der Waals surface area contributed by atoms with Crippen molar-refractivity contribution in [2.45, 2.75) is 31.2 Å². The number of likely N-dealkylation sites (tertiary alicyclic amines) is 1. The Morgan fingerprint density at radius 3 is 2.53 bits per heavy atom. The highest BCUT2D eigenvalue weighted by atomic mass is 79.9. The van der Waals surface area contributed by atoms with Crippen LogP contribution >= 0.6 is 15.9 Å². The number of piperidine rings is 1. The van der Waals surface area contributed by atoms with Crippen LogP contribution in [-0.4, -0.2) is 51.7 Å². The highest BCUT2D eigenvalue weighted by molar-refractivity contribution is 9.10. The lowest BCUT2D eigenvalue weighted by molar-refractivity contribution is -0.208. The Hall–Kier alpha value is -0.600. The number of β-amino-alcohol motifs (C(OH)–C–C–N with tert-alkyl or cyclic N) is 1. The van der Waals surface area contributed by atoms with Gasteiger partial charge in [0, 0.05) is 25.8 Å². The molecule has 0 bridgehead atoms. The van der Waals surface area contributed by atoms with E-state index in [-0.39, 0.29) is 12.6 Å². The second-order valence-electron chi connectivity index (χ2n) is 4.73. The molecule has 0 amide bonds. The Bertz CT molecular complexity index is 416. The second kappa shape index (κ2) is 5.80. The number of rotatable bonds is 3. The SMILES string of the molecule is O[C@H](CN1CCC(n2cc(Br)cn2)CC1)C(F)(F)F. The zero-order chi connectivity index (χ0) is 14.0. The molecular weight excluding hydrogens is 327 g/mol. The molecule has 1 N–H and O–H groups in total. The first-order valence-electron chi connectivity index (χ1n) is 6.03. The third-order valence-electron chi connectivity index (χ3n) is 3.31. The lowest BCUT2D eigenvalue weighted by atomic mass is 10.0. The molecule has 1 saturated heterocycles. The van der Waals surface area contributed by atoms with Gasteiger partial charge in [-0.3, -0.25) is 4.68 Å². The fraction of sp³-hybridized carbons (Fsp3) is 0.727. The Labute approximate surface area is 117 Å². The summed E-state index contributed by atoms with van der Waals surface area (Å²) in [6.45, 7) is 0.726. The molecule has 0 saturated carbocycles. The average Bonchev–Trinajstić information content (AvgIpc) is 2.75. The van der Waals surface area contributed by atoms with E-state index in [0.717, 1.165) is 17.3 Å². The summed E-state index contributed by atoms with van der Waals surface area (Å²) in [7, 11) is 0. The minimum Gasteiger partial charge on any atom is -0.382 e. The molecule has 108 valence electrons. The van der Waals surface area contributed by atoms with Crippen LogP contribution in [0.15, 0.2) is 16.9 Å². The maximum Gasteiger partial charge on any atom is 0.415 e. The molecule has 1 aliphatic heterocycles. The molecule has 0 unspecified atom stereocenters. The topological polar surface area (TPSA) is 41.3 Å². The molecule has 0 aromatic carbocycles. The highest BCUT2D eigenvalue weighted by Gasteiger charge is 2.39. The first kappa shape index (κ1) is 14.8. The van der Waals surface area contributed by atoms with Crippen molar-refractivity contribution in [2.75, 3.05) is 19.6 Å². The summed E-state index contributed by atoms with van der Waals surface area (Å²) >= 11 is 3.31. The molecule has 1 atom stereocenters. The molecular formula is C11H15BrF3N3O. The van der Waals surface area contributed by atoms with E-state index in [0.29, 0.717) is 13.1 Å². The molecule has 1 aromatic heterocycles. The normalized spacial score (nSPS) is 20.7. The van der Waals surface area contributed by atoms with Crippen molar-refractivity contribution < 1.29 is 18.3 Å². The first-order chi connectivity index (χ1) is 8.86. The van der Waals surface area contributed by atoms with Gasteiger partial charge in [0.15, 0.2) is 6.10 Å². The fourth-order valence-corrected chi connectivity index (χ4v) is 2.53. The van der Waals surface area contributed by atoms with Crippen LogP contribution in [0.2, 0.25) is 0 Å². The van der Waals surface area contributed by atoms with E-state index in [9.17, 15) is 13.2 Å². The molecule has 19 heavy (non-hydrogen) atoms. The molecule has 1 fully saturated rings. The van der Waals surface area contributed by atoms with Crippen LogP contribution in [-0.2, 0) is 0 Å². The number of nitrogens with zero attached hydrogens (tertiary/aromatic N) is 3. The number of aliphatic hydroxyl groups excluding tert-OH is 1. The van der Waals surface area contributed by atoms with E-state index in [2.05, 4.69) is 21.0 Å². The third kappa shape index (κ3) is 3.93. The predicted octanol–water partition coefficient (Wildman–Crippen LogP) is 2.21. The number of hydrogen-bond acceptors (Lipinski definition) is 3. The summed E-state index contributed by atoms with van der Waals surface area (Å²) in [6, 6.07) is 0.213. The summed E-state index contributed by atoms with van der Waals surface area (Å²) in [5.74, 6) is 0. The Morgan fingerprint density at radius 2 is 2.05 bits per heavy atom. The number of halogens is 4. The molecule has 2 heterocycles. The van der Waals surface area contributed by atoms with Gasteiger partial charge >= 0.3 is 6.18 Å². The van der Waals surface area contributed by atoms with Gasteiger partial charge in [-0.2, -0.15) is 18.3 Å². The van der Waals surface area contributed by atoms with E-state index in [4.69, 9.17) is 5.11 Å². The van der Waals surface area contributed by atoms with Crippen molar-refractivity contribution in [1.29, 1.82) is 0 Å². The van der Waals surface area contributed by atoms with Gasteiger partial charge in [-0.05, 0) is 28.8 Å². The molecule has 0 radical (unpaired) electrons. The van der Waals surface area contributed by atoms with Crippen LogP contribution in [0.1, 0.15) is 18.9 Å². The Balaban J connectivity index is 1.83. The van der Waals surface area contributed by atoms with Crippen molar-refractivity contribution >= 4 is 15.9 Å². The standard InChI is InChI=1S/C11H15BrF3N3O/c12-8-5-16-18(6-8)9-1-3-17(4-2-9)7-10(19)11(13,14)15/h5-6,9-10,19H,1-4,7H2/t10-/m1/s1. The van der Waals surface area contributed by atoms with Crippen molar-refractivity contribution in [1.82, 2.24) is 14.7 Å². The third-order valence-corrected chi connectivity index (χ3v) is 3.72.